The third-order valence-corrected chi connectivity index (χ3v) is 5.50. The first kappa shape index (κ1) is 21.7. The molecule has 1 unspecified atom stereocenters. The first-order chi connectivity index (χ1) is 16.3. The van der Waals surface area contributed by atoms with E-state index in [2.05, 4.69) is 30.7 Å². The first-order valence-electron chi connectivity index (χ1n) is 10.6. The summed E-state index contributed by atoms with van der Waals surface area (Å²) < 4.78 is 43.6. The van der Waals surface area contributed by atoms with Gasteiger partial charge >= 0.3 is 6.36 Å². The Hall–Kier alpha value is -4.08. The van der Waals surface area contributed by atoms with Gasteiger partial charge in [0.1, 0.15) is 17.8 Å². The molecule has 7 nitrogen and oxygen atoms in total. The van der Waals surface area contributed by atoms with Gasteiger partial charge in [0.15, 0.2) is 11.6 Å². The van der Waals surface area contributed by atoms with Crippen LogP contribution in [0.25, 0.3) is 22.2 Å². The molecule has 0 saturated carbocycles. The van der Waals surface area contributed by atoms with Gasteiger partial charge in [-0.25, -0.2) is 15.0 Å². The second kappa shape index (κ2) is 8.36. The van der Waals surface area contributed by atoms with E-state index in [9.17, 15) is 13.2 Å². The molecule has 0 amide bonds. The number of aromatic nitrogens is 3. The van der Waals surface area contributed by atoms with Crippen LogP contribution in [0.2, 0.25) is 0 Å². The van der Waals surface area contributed by atoms with Gasteiger partial charge in [-0.2, -0.15) is 0 Å². The number of anilines is 3. The highest BCUT2D eigenvalue weighted by Gasteiger charge is 2.32. The Morgan fingerprint density at radius 3 is 2.71 bits per heavy atom. The van der Waals surface area contributed by atoms with E-state index in [0.717, 1.165) is 16.6 Å². The molecule has 0 radical (unpaired) electrons. The maximum absolute atomic E-state index is 13.1. The van der Waals surface area contributed by atoms with Crippen LogP contribution in [0.4, 0.5) is 30.5 Å². The predicted molar refractivity (Wildman–Crippen MR) is 125 cm³/mol. The van der Waals surface area contributed by atoms with Gasteiger partial charge in [-0.15, -0.1) is 13.2 Å². The Morgan fingerprint density at radius 1 is 1.06 bits per heavy atom. The second-order valence-corrected chi connectivity index (χ2v) is 8.00. The average molecular weight is 466 g/mol. The van der Waals surface area contributed by atoms with Crippen molar-refractivity contribution in [3.8, 4) is 17.0 Å². The standard InChI is InChI=1S/C24H21F3N6O/c1-13-6-5-7-15-10-16(11-28-22-21-23(30-12-29-22)32-14(2)31-21)20(33-19(13)15)17-8-3-4-9-18(17)34-24(25,26)27/h3-10,12,14,31H,11H2,1-2H3,(H2,28,29,30,32). The Balaban J connectivity index is 1.59. The van der Waals surface area contributed by atoms with Gasteiger partial charge in [0.05, 0.1) is 17.4 Å². The fourth-order valence-corrected chi connectivity index (χ4v) is 4.04. The zero-order valence-electron chi connectivity index (χ0n) is 18.4. The molecule has 2 aromatic heterocycles. The van der Waals surface area contributed by atoms with Crippen molar-refractivity contribution in [2.24, 2.45) is 0 Å². The maximum atomic E-state index is 13.1. The third-order valence-electron chi connectivity index (χ3n) is 5.50. The summed E-state index contributed by atoms with van der Waals surface area (Å²) in [6, 6.07) is 13.7. The summed E-state index contributed by atoms with van der Waals surface area (Å²) in [7, 11) is 0. The van der Waals surface area contributed by atoms with Gasteiger partial charge in [0, 0.05) is 17.5 Å². The van der Waals surface area contributed by atoms with E-state index in [0.29, 0.717) is 28.4 Å². The minimum atomic E-state index is -4.82. The molecular formula is C24H21F3N6O. The Bertz CT molecular complexity index is 1370. The highest BCUT2D eigenvalue weighted by Crippen LogP contribution is 2.37. The molecule has 2 aromatic carbocycles. The number of benzene rings is 2. The molecule has 3 N–H and O–H groups in total. The smallest absolute Gasteiger partial charge is 0.405 e. The fraction of sp³-hybridized carbons (Fsp3) is 0.208. The van der Waals surface area contributed by atoms with Gasteiger partial charge in [-0.05, 0) is 43.2 Å². The van der Waals surface area contributed by atoms with Crippen LogP contribution in [0, 0.1) is 6.92 Å². The van der Waals surface area contributed by atoms with E-state index in [-0.39, 0.29) is 24.0 Å². The molecule has 10 heteroatoms. The Morgan fingerprint density at radius 2 is 1.88 bits per heavy atom. The van der Waals surface area contributed by atoms with Crippen molar-refractivity contribution in [2.75, 3.05) is 16.0 Å². The number of halogens is 3. The van der Waals surface area contributed by atoms with Crippen LogP contribution in [0.1, 0.15) is 18.1 Å². The van der Waals surface area contributed by atoms with E-state index < -0.39 is 6.36 Å². The van der Waals surface area contributed by atoms with Crippen LogP contribution in [0.15, 0.2) is 54.9 Å². The number of alkyl halides is 3. The number of hydrogen-bond donors (Lipinski definition) is 3. The van der Waals surface area contributed by atoms with E-state index in [1.165, 1.54) is 18.5 Å². The normalized spacial score (nSPS) is 14.9. The molecule has 0 aliphatic carbocycles. The number of nitrogens with one attached hydrogen (secondary N) is 3. The molecule has 0 bridgehead atoms. The van der Waals surface area contributed by atoms with Crippen molar-refractivity contribution < 1.29 is 17.9 Å². The molecule has 174 valence electrons. The number of pyridine rings is 1. The van der Waals surface area contributed by atoms with Crippen LogP contribution in [-0.4, -0.2) is 27.5 Å². The molecule has 0 saturated heterocycles. The molecule has 34 heavy (non-hydrogen) atoms. The molecule has 1 aliphatic rings. The number of nitrogens with zero attached hydrogens (tertiary/aromatic N) is 3. The quantitative estimate of drug-likeness (QED) is 0.348. The molecule has 5 rings (SSSR count). The van der Waals surface area contributed by atoms with Crippen molar-refractivity contribution in [1.29, 1.82) is 0 Å². The highest BCUT2D eigenvalue weighted by atomic mass is 19.4. The Kier molecular flexibility index (Phi) is 5.35. The van der Waals surface area contributed by atoms with E-state index in [4.69, 9.17) is 4.98 Å². The summed E-state index contributed by atoms with van der Waals surface area (Å²) in [6.07, 6.45) is -3.37. The number of ether oxygens (including phenoxy) is 1. The van der Waals surface area contributed by atoms with Gasteiger partial charge in [0.2, 0.25) is 0 Å². The van der Waals surface area contributed by atoms with Crippen molar-refractivity contribution in [1.82, 2.24) is 15.0 Å². The number of hydrogen-bond acceptors (Lipinski definition) is 7. The summed E-state index contributed by atoms with van der Waals surface area (Å²) in [5.41, 5.74) is 3.73. The zero-order valence-corrected chi connectivity index (χ0v) is 18.4. The SMILES string of the molecule is Cc1cccc2cc(CNc3ncnc4c3NC(C)N4)c(-c3ccccc3OC(F)(F)F)nc12. The lowest BCUT2D eigenvalue weighted by Gasteiger charge is -2.17. The van der Waals surface area contributed by atoms with Gasteiger partial charge in [0.25, 0.3) is 0 Å². The molecule has 0 fully saturated rings. The third kappa shape index (κ3) is 4.26. The van der Waals surface area contributed by atoms with Crippen molar-refractivity contribution in [2.45, 2.75) is 32.9 Å². The first-order valence-corrected chi connectivity index (χ1v) is 10.6. The highest BCUT2D eigenvalue weighted by molar-refractivity contribution is 5.87. The lowest BCUT2D eigenvalue weighted by molar-refractivity contribution is -0.274. The maximum Gasteiger partial charge on any atom is 0.573 e. The summed E-state index contributed by atoms with van der Waals surface area (Å²) >= 11 is 0. The van der Waals surface area contributed by atoms with Crippen LogP contribution < -0.4 is 20.7 Å². The number of aryl methyl sites for hydroxylation is 1. The van der Waals surface area contributed by atoms with Crippen LogP contribution in [0.5, 0.6) is 5.75 Å². The zero-order chi connectivity index (χ0) is 23.9. The van der Waals surface area contributed by atoms with E-state index in [1.807, 2.05) is 38.1 Å². The van der Waals surface area contributed by atoms with Crippen molar-refractivity contribution in [3.63, 3.8) is 0 Å². The van der Waals surface area contributed by atoms with Crippen molar-refractivity contribution >= 4 is 28.2 Å². The van der Waals surface area contributed by atoms with Gasteiger partial charge < -0.3 is 20.7 Å². The van der Waals surface area contributed by atoms with Gasteiger partial charge in [-0.1, -0.05) is 30.3 Å². The summed E-state index contributed by atoms with van der Waals surface area (Å²) in [4.78, 5) is 13.3. The molecule has 4 aromatic rings. The lowest BCUT2D eigenvalue weighted by atomic mass is 10.0. The van der Waals surface area contributed by atoms with Crippen molar-refractivity contribution in [3.05, 3.63) is 66.0 Å². The average Bonchev–Trinajstić information content (AvgIpc) is 3.17. The minimum absolute atomic E-state index is 0.000448. The summed E-state index contributed by atoms with van der Waals surface area (Å²) in [5, 5.41) is 10.6. The monoisotopic (exact) mass is 466 g/mol. The molecular weight excluding hydrogens is 445 g/mol. The molecule has 3 heterocycles. The van der Waals surface area contributed by atoms with Crippen LogP contribution >= 0.6 is 0 Å². The predicted octanol–water partition coefficient (Wildman–Crippen LogP) is 5.69. The molecule has 1 aliphatic heterocycles. The summed E-state index contributed by atoms with van der Waals surface area (Å²) in [5.74, 6) is 0.956. The summed E-state index contributed by atoms with van der Waals surface area (Å²) in [6.45, 7) is 4.14. The van der Waals surface area contributed by atoms with Crippen LogP contribution in [-0.2, 0) is 6.54 Å². The molecule has 0 spiro atoms. The second-order valence-electron chi connectivity index (χ2n) is 8.00. The number of rotatable bonds is 5. The molecule has 1 atom stereocenters. The van der Waals surface area contributed by atoms with Gasteiger partial charge in [-0.3, -0.25) is 0 Å². The van der Waals surface area contributed by atoms with E-state index in [1.54, 1.807) is 12.1 Å². The Labute approximate surface area is 193 Å². The topological polar surface area (TPSA) is 84.0 Å². The number of para-hydroxylation sites is 2. The lowest BCUT2D eigenvalue weighted by Crippen LogP contribution is -2.18. The number of fused-ring (bicyclic) bond motifs is 2. The largest absolute Gasteiger partial charge is 0.573 e. The minimum Gasteiger partial charge on any atom is -0.405 e. The fourth-order valence-electron chi connectivity index (χ4n) is 4.04. The van der Waals surface area contributed by atoms with E-state index >= 15 is 0 Å². The van der Waals surface area contributed by atoms with Crippen LogP contribution in [0.3, 0.4) is 0 Å².